The molecule has 0 N–H and O–H groups in total. The summed E-state index contributed by atoms with van der Waals surface area (Å²) in [4.78, 5) is 14.0. The molecule has 2 nitrogen and oxygen atoms in total. The number of carbonyl (C=O) groups excluding carboxylic acids is 1. The Morgan fingerprint density at radius 3 is 2.82 bits per heavy atom. The van der Waals surface area contributed by atoms with Gasteiger partial charge in [-0.15, -0.1) is 0 Å². The number of amides is 1. The highest BCUT2D eigenvalue weighted by Crippen LogP contribution is 2.30. The van der Waals surface area contributed by atoms with Crippen molar-refractivity contribution in [1.82, 2.24) is 4.90 Å². The Bertz CT molecular complexity index is 437. The predicted octanol–water partition coefficient (Wildman–Crippen LogP) is 3.48. The number of nitrogens with zero attached hydrogens (tertiary/aromatic N) is 1. The van der Waals surface area contributed by atoms with E-state index in [1.54, 1.807) is 11.0 Å². The Hall–Kier alpha value is -0.610. The number of hydrogen-bond acceptors (Lipinski definition) is 1. The molecule has 0 atom stereocenters. The van der Waals surface area contributed by atoms with Crippen LogP contribution in [0.4, 0.5) is 4.39 Å². The fourth-order valence-corrected chi connectivity index (χ4v) is 2.34. The normalized spacial score (nSPS) is 14.8. The highest BCUT2D eigenvalue weighted by molar-refractivity contribution is 9.09. The molecule has 92 valence electrons. The van der Waals surface area contributed by atoms with E-state index in [-0.39, 0.29) is 16.5 Å². The molecule has 0 spiro atoms. The molecule has 0 aromatic heterocycles. The van der Waals surface area contributed by atoms with E-state index in [0.29, 0.717) is 17.9 Å². The Kier molecular flexibility index (Phi) is 4.05. The van der Waals surface area contributed by atoms with Gasteiger partial charge in [-0.05, 0) is 25.0 Å². The summed E-state index contributed by atoms with van der Waals surface area (Å²) in [7, 11) is 0. The third-order valence-electron chi connectivity index (χ3n) is 2.76. The van der Waals surface area contributed by atoms with Crippen molar-refractivity contribution in [2.24, 2.45) is 0 Å². The van der Waals surface area contributed by atoms with Crippen LogP contribution in [0.5, 0.6) is 0 Å². The Morgan fingerprint density at radius 1 is 1.53 bits per heavy atom. The van der Waals surface area contributed by atoms with E-state index in [1.807, 2.05) is 0 Å². The predicted molar refractivity (Wildman–Crippen MR) is 69.3 cm³/mol. The zero-order valence-electron chi connectivity index (χ0n) is 9.13. The van der Waals surface area contributed by atoms with Gasteiger partial charge < -0.3 is 4.90 Å². The smallest absolute Gasteiger partial charge is 0.255 e. The van der Waals surface area contributed by atoms with Crippen LogP contribution in [-0.4, -0.2) is 28.7 Å². The first-order chi connectivity index (χ1) is 8.15. The van der Waals surface area contributed by atoms with Crippen molar-refractivity contribution in [3.63, 3.8) is 0 Å². The van der Waals surface area contributed by atoms with Crippen molar-refractivity contribution >= 4 is 33.4 Å². The van der Waals surface area contributed by atoms with E-state index in [2.05, 4.69) is 15.9 Å². The Morgan fingerprint density at radius 2 is 2.24 bits per heavy atom. The minimum absolute atomic E-state index is 0.0854. The average molecular weight is 321 g/mol. The highest BCUT2D eigenvalue weighted by Gasteiger charge is 2.33. The maximum atomic E-state index is 13.3. The SMILES string of the molecule is O=C(c1cccc(F)c1Cl)N(CCBr)C1CC1. The molecule has 0 bridgehead atoms. The van der Waals surface area contributed by atoms with Crippen LogP contribution in [0, 0.1) is 5.82 Å². The van der Waals surface area contributed by atoms with E-state index in [4.69, 9.17) is 11.6 Å². The summed E-state index contributed by atoms with van der Waals surface area (Å²) in [5.74, 6) is -0.733. The van der Waals surface area contributed by atoms with Crippen LogP contribution in [-0.2, 0) is 0 Å². The van der Waals surface area contributed by atoms with Gasteiger partial charge in [-0.2, -0.15) is 0 Å². The molecule has 0 unspecified atom stereocenters. The second-order valence-electron chi connectivity index (χ2n) is 4.02. The van der Waals surface area contributed by atoms with Gasteiger partial charge in [0.25, 0.3) is 5.91 Å². The topological polar surface area (TPSA) is 20.3 Å². The van der Waals surface area contributed by atoms with E-state index < -0.39 is 5.82 Å². The molecule has 1 aliphatic rings. The number of alkyl halides is 1. The van der Waals surface area contributed by atoms with Gasteiger partial charge in [0, 0.05) is 17.9 Å². The van der Waals surface area contributed by atoms with Crippen molar-refractivity contribution in [3.05, 3.63) is 34.6 Å². The maximum absolute atomic E-state index is 13.3. The summed E-state index contributed by atoms with van der Waals surface area (Å²) in [6.07, 6.45) is 2.04. The van der Waals surface area contributed by atoms with Gasteiger partial charge >= 0.3 is 0 Å². The minimum atomic E-state index is -0.549. The molecule has 0 heterocycles. The zero-order valence-corrected chi connectivity index (χ0v) is 11.5. The molecule has 1 aliphatic carbocycles. The standard InChI is InChI=1S/C12H12BrClFNO/c13-6-7-16(8-4-5-8)12(17)9-2-1-3-10(15)11(9)14/h1-3,8H,4-7H2. The van der Waals surface area contributed by atoms with Crippen molar-refractivity contribution in [3.8, 4) is 0 Å². The van der Waals surface area contributed by atoms with Gasteiger partial charge in [0.2, 0.25) is 0 Å². The molecule has 1 amide bonds. The first kappa shape index (κ1) is 12.8. The van der Waals surface area contributed by atoms with Crippen molar-refractivity contribution in [2.75, 3.05) is 11.9 Å². The summed E-state index contributed by atoms with van der Waals surface area (Å²) in [6.45, 7) is 0.621. The fraction of sp³-hybridized carbons (Fsp3) is 0.417. The van der Waals surface area contributed by atoms with E-state index in [0.717, 1.165) is 12.8 Å². The van der Waals surface area contributed by atoms with Crippen molar-refractivity contribution in [1.29, 1.82) is 0 Å². The van der Waals surface area contributed by atoms with Crippen LogP contribution >= 0.6 is 27.5 Å². The lowest BCUT2D eigenvalue weighted by Crippen LogP contribution is -2.34. The van der Waals surface area contributed by atoms with Gasteiger partial charge in [-0.25, -0.2) is 4.39 Å². The van der Waals surface area contributed by atoms with Gasteiger partial charge in [0.1, 0.15) is 5.82 Å². The molecular formula is C12H12BrClFNO. The zero-order chi connectivity index (χ0) is 12.4. The molecule has 1 fully saturated rings. The Labute approximate surface area is 113 Å². The molecule has 0 radical (unpaired) electrons. The number of rotatable bonds is 4. The summed E-state index contributed by atoms with van der Waals surface area (Å²) < 4.78 is 13.3. The second kappa shape index (κ2) is 5.36. The summed E-state index contributed by atoms with van der Waals surface area (Å²) in [5.41, 5.74) is 0.250. The van der Waals surface area contributed by atoms with E-state index >= 15 is 0 Å². The van der Waals surface area contributed by atoms with E-state index in [9.17, 15) is 9.18 Å². The molecular weight excluding hydrogens is 308 g/mol. The Balaban J connectivity index is 2.25. The quantitative estimate of drug-likeness (QED) is 0.778. The van der Waals surface area contributed by atoms with Gasteiger partial charge in [0.15, 0.2) is 0 Å². The lowest BCUT2D eigenvalue weighted by atomic mass is 10.2. The highest BCUT2D eigenvalue weighted by atomic mass is 79.9. The maximum Gasteiger partial charge on any atom is 0.255 e. The molecule has 1 aromatic rings. The molecule has 1 saturated carbocycles. The lowest BCUT2D eigenvalue weighted by Gasteiger charge is -2.21. The monoisotopic (exact) mass is 319 g/mol. The number of halogens is 3. The number of hydrogen-bond donors (Lipinski definition) is 0. The van der Waals surface area contributed by atoms with Crippen LogP contribution in [0.1, 0.15) is 23.2 Å². The average Bonchev–Trinajstić information content (AvgIpc) is 3.13. The van der Waals surface area contributed by atoms with Crippen LogP contribution in [0.3, 0.4) is 0 Å². The third kappa shape index (κ3) is 2.80. The van der Waals surface area contributed by atoms with E-state index in [1.165, 1.54) is 12.1 Å². The van der Waals surface area contributed by atoms with Gasteiger partial charge in [-0.3, -0.25) is 4.79 Å². The first-order valence-electron chi connectivity index (χ1n) is 5.46. The van der Waals surface area contributed by atoms with Crippen LogP contribution in [0.25, 0.3) is 0 Å². The lowest BCUT2D eigenvalue weighted by molar-refractivity contribution is 0.0754. The third-order valence-corrected chi connectivity index (χ3v) is 3.49. The molecule has 17 heavy (non-hydrogen) atoms. The van der Waals surface area contributed by atoms with Gasteiger partial charge in [0.05, 0.1) is 10.6 Å². The molecule has 5 heteroatoms. The molecule has 2 rings (SSSR count). The molecule has 0 saturated heterocycles. The second-order valence-corrected chi connectivity index (χ2v) is 5.19. The van der Waals surface area contributed by atoms with Crippen LogP contribution in [0.15, 0.2) is 18.2 Å². The largest absolute Gasteiger partial charge is 0.335 e. The molecule has 1 aromatic carbocycles. The summed E-state index contributed by atoms with van der Waals surface area (Å²) in [5, 5.41) is 0.625. The first-order valence-corrected chi connectivity index (χ1v) is 6.96. The minimum Gasteiger partial charge on any atom is -0.335 e. The fourth-order valence-electron chi connectivity index (χ4n) is 1.75. The molecule has 0 aliphatic heterocycles. The van der Waals surface area contributed by atoms with Crippen LogP contribution in [0.2, 0.25) is 5.02 Å². The van der Waals surface area contributed by atoms with Crippen molar-refractivity contribution in [2.45, 2.75) is 18.9 Å². The van der Waals surface area contributed by atoms with Crippen molar-refractivity contribution < 1.29 is 9.18 Å². The van der Waals surface area contributed by atoms with Crippen LogP contribution < -0.4 is 0 Å². The summed E-state index contributed by atoms with van der Waals surface area (Å²) in [6, 6.07) is 4.62. The van der Waals surface area contributed by atoms with Gasteiger partial charge in [-0.1, -0.05) is 33.6 Å². The summed E-state index contributed by atoms with van der Waals surface area (Å²) >= 11 is 9.14. The number of benzene rings is 1. The number of carbonyl (C=O) groups is 1.